The Morgan fingerprint density at radius 1 is 1.33 bits per heavy atom. The van der Waals surface area contributed by atoms with Crippen LogP contribution in [0.2, 0.25) is 0 Å². The molecule has 0 aromatic carbocycles. The van der Waals surface area contributed by atoms with Crippen molar-refractivity contribution in [2.75, 3.05) is 7.11 Å². The number of hydrogen-bond donors (Lipinski definition) is 0. The predicted molar refractivity (Wildman–Crippen MR) is 86.8 cm³/mol. The maximum absolute atomic E-state index is 13.0. The lowest BCUT2D eigenvalue weighted by Crippen LogP contribution is -2.47. The van der Waals surface area contributed by atoms with Gasteiger partial charge in [0.15, 0.2) is 0 Å². The second-order valence-corrected chi connectivity index (χ2v) is 9.19. The first-order valence-electron chi connectivity index (χ1n) is 9.38. The van der Waals surface area contributed by atoms with Gasteiger partial charge in [-0.05, 0) is 63.2 Å². The third-order valence-corrected chi connectivity index (χ3v) is 8.48. The molecule has 4 saturated carbocycles. The van der Waals surface area contributed by atoms with Crippen molar-refractivity contribution in [3.63, 3.8) is 0 Å². The van der Waals surface area contributed by atoms with Crippen molar-refractivity contribution in [1.82, 2.24) is 0 Å². The first-order valence-corrected chi connectivity index (χ1v) is 9.38. The molecule has 0 N–H and O–H groups in total. The number of carbonyl (C=O) groups excluding carboxylic acids is 2. The van der Waals surface area contributed by atoms with Crippen LogP contribution >= 0.6 is 0 Å². The van der Waals surface area contributed by atoms with Crippen LogP contribution in [0.25, 0.3) is 0 Å². The predicted octanol–water partition coefficient (Wildman–Crippen LogP) is 3.25. The van der Waals surface area contributed by atoms with Crippen LogP contribution < -0.4 is 0 Å². The number of carbonyl (C=O) groups is 2. The molecule has 1 aliphatic heterocycles. The van der Waals surface area contributed by atoms with E-state index in [-0.39, 0.29) is 29.2 Å². The Balaban J connectivity index is 1.74. The van der Waals surface area contributed by atoms with E-state index in [0.29, 0.717) is 11.8 Å². The topological polar surface area (TPSA) is 52.6 Å². The van der Waals surface area contributed by atoms with Gasteiger partial charge in [0.05, 0.1) is 18.4 Å². The normalized spacial score (nSPS) is 54.2. The van der Waals surface area contributed by atoms with Gasteiger partial charge in [-0.15, -0.1) is 0 Å². The van der Waals surface area contributed by atoms with E-state index in [9.17, 15) is 9.59 Å². The van der Waals surface area contributed by atoms with Gasteiger partial charge in [-0.25, -0.2) is 0 Å². The standard InChI is InChI=1S/C20H26O4/c1-11-9-19-10-12(11)5-6-13(19)20-8-4-7-18(2,17(22)24-20)15(20)14(19)16(21)23-3/h12-15H,1,4-10H2,2-3H3/t12-,13-,14-,15-,18+,19+,20-/m1/s1. The fraction of sp³-hybridized carbons (Fsp3) is 0.800. The van der Waals surface area contributed by atoms with Crippen LogP contribution in [0.4, 0.5) is 0 Å². The third-order valence-electron chi connectivity index (χ3n) is 8.48. The lowest BCUT2D eigenvalue weighted by atomic mass is 9.60. The van der Waals surface area contributed by atoms with Crippen molar-refractivity contribution in [1.29, 1.82) is 0 Å². The van der Waals surface area contributed by atoms with E-state index in [1.165, 1.54) is 12.7 Å². The van der Waals surface area contributed by atoms with E-state index in [2.05, 4.69) is 6.58 Å². The number of hydrogen-bond acceptors (Lipinski definition) is 4. The quantitative estimate of drug-likeness (QED) is 0.547. The summed E-state index contributed by atoms with van der Waals surface area (Å²) in [5.41, 5.74) is 0.249. The van der Waals surface area contributed by atoms with Crippen LogP contribution in [0.5, 0.6) is 0 Å². The highest BCUT2D eigenvalue weighted by Crippen LogP contribution is 2.77. The molecule has 1 spiro atoms. The Labute approximate surface area is 143 Å². The molecule has 0 aromatic heterocycles. The zero-order valence-electron chi connectivity index (χ0n) is 14.6. The van der Waals surface area contributed by atoms with Crippen molar-refractivity contribution in [3.05, 3.63) is 12.2 Å². The van der Waals surface area contributed by atoms with Crippen molar-refractivity contribution >= 4 is 11.9 Å². The van der Waals surface area contributed by atoms with E-state index in [1.54, 1.807) is 0 Å². The molecule has 1 heterocycles. The maximum atomic E-state index is 13.0. The molecule has 5 rings (SSSR count). The minimum atomic E-state index is -0.525. The van der Waals surface area contributed by atoms with Crippen molar-refractivity contribution < 1.29 is 19.1 Å². The summed E-state index contributed by atoms with van der Waals surface area (Å²) >= 11 is 0. The van der Waals surface area contributed by atoms with Gasteiger partial charge in [-0.3, -0.25) is 9.59 Å². The molecule has 1 saturated heterocycles. The van der Waals surface area contributed by atoms with Crippen LogP contribution in [0.3, 0.4) is 0 Å². The third kappa shape index (κ3) is 1.36. The van der Waals surface area contributed by atoms with Gasteiger partial charge in [0.25, 0.3) is 0 Å². The number of methoxy groups -OCH3 is 1. The Bertz CT molecular complexity index is 669. The average molecular weight is 330 g/mol. The van der Waals surface area contributed by atoms with Gasteiger partial charge in [-0.2, -0.15) is 0 Å². The highest BCUT2D eigenvalue weighted by molar-refractivity contribution is 5.85. The van der Waals surface area contributed by atoms with Gasteiger partial charge in [0.2, 0.25) is 0 Å². The van der Waals surface area contributed by atoms with Crippen LogP contribution in [0, 0.1) is 34.5 Å². The molecule has 5 aliphatic rings. The lowest BCUT2D eigenvalue weighted by molar-refractivity contribution is -0.161. The number of rotatable bonds is 1. The molecule has 0 aromatic rings. The van der Waals surface area contributed by atoms with E-state index in [1.807, 2.05) is 6.92 Å². The molecule has 7 atom stereocenters. The molecule has 0 radical (unpaired) electrons. The Morgan fingerprint density at radius 2 is 2.12 bits per heavy atom. The van der Waals surface area contributed by atoms with Crippen LogP contribution in [-0.2, 0) is 19.1 Å². The van der Waals surface area contributed by atoms with Gasteiger partial charge in [0, 0.05) is 11.8 Å². The van der Waals surface area contributed by atoms with Gasteiger partial charge in [0.1, 0.15) is 5.60 Å². The van der Waals surface area contributed by atoms with Gasteiger partial charge in [-0.1, -0.05) is 12.2 Å². The number of fused-ring (bicyclic) bond motifs is 1. The Hall–Kier alpha value is -1.32. The number of ether oxygens (including phenoxy) is 2. The maximum Gasteiger partial charge on any atom is 0.312 e. The summed E-state index contributed by atoms with van der Waals surface area (Å²) < 4.78 is 11.5. The highest BCUT2D eigenvalue weighted by Gasteiger charge is 2.81. The molecular formula is C20H26O4. The molecule has 4 bridgehead atoms. The average Bonchev–Trinajstić information content (AvgIpc) is 2.99. The van der Waals surface area contributed by atoms with Crippen molar-refractivity contribution in [3.8, 4) is 0 Å². The van der Waals surface area contributed by atoms with Crippen LogP contribution in [-0.4, -0.2) is 24.6 Å². The SMILES string of the molecule is C=C1C[C@]23C[C@H]1CC[C@H]2[C@@]12CCC[C@](C)(C(=O)O1)[C@H]2[C@@H]3C(=O)OC. The first kappa shape index (κ1) is 15.0. The summed E-state index contributed by atoms with van der Waals surface area (Å²) in [5, 5.41) is 0. The zero-order valence-corrected chi connectivity index (χ0v) is 14.6. The lowest BCUT2D eigenvalue weighted by Gasteiger charge is -2.43. The van der Waals surface area contributed by atoms with Crippen molar-refractivity contribution in [2.24, 2.45) is 34.5 Å². The molecule has 4 heteroatoms. The summed E-state index contributed by atoms with van der Waals surface area (Å²) in [4.78, 5) is 25.8. The fourth-order valence-corrected chi connectivity index (χ4v) is 7.81. The Morgan fingerprint density at radius 3 is 2.88 bits per heavy atom. The summed E-state index contributed by atoms with van der Waals surface area (Å²) in [7, 11) is 1.48. The molecular weight excluding hydrogens is 304 g/mol. The second-order valence-electron chi connectivity index (χ2n) is 9.19. The van der Waals surface area contributed by atoms with Crippen LogP contribution in [0.15, 0.2) is 12.2 Å². The number of allylic oxidation sites excluding steroid dienone is 1. The van der Waals surface area contributed by atoms with Gasteiger partial charge >= 0.3 is 11.9 Å². The minimum Gasteiger partial charge on any atom is -0.469 e. The van der Waals surface area contributed by atoms with E-state index < -0.39 is 11.0 Å². The molecule has 0 amide bonds. The monoisotopic (exact) mass is 330 g/mol. The molecule has 0 unspecified atom stereocenters. The van der Waals surface area contributed by atoms with Crippen molar-refractivity contribution in [2.45, 2.75) is 57.5 Å². The first-order chi connectivity index (χ1) is 11.4. The molecule has 4 aliphatic carbocycles. The smallest absolute Gasteiger partial charge is 0.312 e. The van der Waals surface area contributed by atoms with Gasteiger partial charge < -0.3 is 9.47 Å². The summed E-state index contributed by atoms with van der Waals surface area (Å²) in [6, 6.07) is 0. The minimum absolute atomic E-state index is 0.0200. The Kier molecular flexibility index (Phi) is 2.66. The van der Waals surface area contributed by atoms with Crippen LogP contribution in [0.1, 0.15) is 51.9 Å². The molecule has 24 heavy (non-hydrogen) atoms. The molecule has 4 nitrogen and oxygen atoms in total. The zero-order chi connectivity index (χ0) is 16.9. The summed E-state index contributed by atoms with van der Waals surface area (Å²) in [5.74, 6) is 0.383. The second kappa shape index (κ2) is 4.25. The molecule has 130 valence electrons. The summed E-state index contributed by atoms with van der Waals surface area (Å²) in [6.45, 7) is 6.36. The van der Waals surface area contributed by atoms with E-state index in [0.717, 1.165) is 44.9 Å². The molecule has 5 fully saturated rings. The highest BCUT2D eigenvalue weighted by atomic mass is 16.6. The van der Waals surface area contributed by atoms with E-state index >= 15 is 0 Å². The summed E-state index contributed by atoms with van der Waals surface area (Å²) in [6.07, 6.45) is 6.88. The fourth-order valence-electron chi connectivity index (χ4n) is 7.81. The largest absolute Gasteiger partial charge is 0.469 e. The number of esters is 2. The van der Waals surface area contributed by atoms with E-state index in [4.69, 9.17) is 9.47 Å².